The topological polar surface area (TPSA) is 67.5 Å². The lowest BCUT2D eigenvalue weighted by molar-refractivity contribution is 0.122. The first-order valence-corrected chi connectivity index (χ1v) is 10.5. The van der Waals surface area contributed by atoms with Crippen LogP contribution >= 0.6 is 0 Å². The molecule has 1 unspecified atom stereocenters. The molecule has 0 amide bonds. The molecule has 0 spiro atoms. The van der Waals surface area contributed by atoms with E-state index in [1.165, 1.54) is 12.1 Å². The Labute approximate surface area is 170 Å². The first kappa shape index (κ1) is 18.4. The molecule has 0 saturated carbocycles. The number of benzene rings is 1. The molecule has 3 aromatic rings. The van der Waals surface area contributed by atoms with Crippen molar-refractivity contribution in [2.75, 3.05) is 49.2 Å². The lowest BCUT2D eigenvalue weighted by Crippen LogP contribution is -2.38. The van der Waals surface area contributed by atoms with Crippen LogP contribution in [0.15, 0.2) is 41.4 Å². The number of hydrogen-bond donors (Lipinski definition) is 0. The Kier molecular flexibility index (Phi) is 5.06. The molecule has 0 bridgehead atoms. The van der Waals surface area contributed by atoms with Crippen LogP contribution in [-0.2, 0) is 4.74 Å². The third-order valence-corrected chi connectivity index (χ3v) is 6.28. The smallest absolute Gasteiger partial charge is 0.197 e. The Morgan fingerprint density at radius 3 is 2.79 bits per heavy atom. The molecule has 7 heteroatoms. The minimum atomic E-state index is 0.300. The predicted molar refractivity (Wildman–Crippen MR) is 112 cm³/mol. The van der Waals surface area contributed by atoms with Crippen molar-refractivity contribution in [2.24, 2.45) is 5.92 Å². The first-order valence-electron chi connectivity index (χ1n) is 10.5. The second kappa shape index (κ2) is 7.99. The normalized spacial score (nSPS) is 21.5. The predicted octanol–water partition coefficient (Wildman–Crippen LogP) is 3.47. The van der Waals surface area contributed by atoms with Gasteiger partial charge in [0.1, 0.15) is 18.4 Å². The molecule has 0 radical (unpaired) electrons. The van der Waals surface area contributed by atoms with Crippen molar-refractivity contribution in [2.45, 2.75) is 25.7 Å². The summed E-state index contributed by atoms with van der Waals surface area (Å²) in [5.74, 6) is 2.67. The molecule has 7 nitrogen and oxygen atoms in total. The van der Waals surface area contributed by atoms with Crippen LogP contribution in [0.5, 0.6) is 0 Å². The van der Waals surface area contributed by atoms with Crippen molar-refractivity contribution in [3.05, 3.63) is 42.9 Å². The van der Waals surface area contributed by atoms with E-state index in [9.17, 15) is 0 Å². The average Bonchev–Trinajstić information content (AvgIpc) is 3.33. The third-order valence-electron chi connectivity index (χ3n) is 6.28. The van der Waals surface area contributed by atoms with Crippen LogP contribution < -0.4 is 9.80 Å². The van der Waals surface area contributed by atoms with E-state index in [1.54, 1.807) is 18.8 Å². The molecule has 5 rings (SSSR count). The number of rotatable bonds is 4. The number of piperidine rings is 1. The van der Waals surface area contributed by atoms with Gasteiger partial charge in [-0.15, -0.1) is 0 Å². The van der Waals surface area contributed by atoms with E-state index in [4.69, 9.17) is 9.15 Å². The molecule has 152 valence electrons. The molecule has 0 N–H and O–H groups in total. The number of anilines is 2. The van der Waals surface area contributed by atoms with E-state index in [1.807, 2.05) is 0 Å². The zero-order chi connectivity index (χ0) is 19.6. The van der Waals surface area contributed by atoms with E-state index >= 15 is 0 Å². The van der Waals surface area contributed by atoms with Gasteiger partial charge in [-0.1, -0.05) is 6.92 Å². The molecule has 2 fully saturated rings. The zero-order valence-electron chi connectivity index (χ0n) is 16.8. The maximum Gasteiger partial charge on any atom is 0.197 e. The third kappa shape index (κ3) is 3.67. The highest BCUT2D eigenvalue weighted by Gasteiger charge is 2.29. The van der Waals surface area contributed by atoms with Crippen molar-refractivity contribution in [3.63, 3.8) is 0 Å². The van der Waals surface area contributed by atoms with Crippen LogP contribution in [0.1, 0.15) is 31.6 Å². The summed E-state index contributed by atoms with van der Waals surface area (Å²) in [5, 5.41) is 1.12. The van der Waals surface area contributed by atoms with Gasteiger partial charge < -0.3 is 19.0 Å². The molecular formula is C22H27N5O2. The highest BCUT2D eigenvalue weighted by molar-refractivity contribution is 5.91. The Bertz CT molecular complexity index is 955. The van der Waals surface area contributed by atoms with Crippen molar-refractivity contribution < 1.29 is 9.15 Å². The summed E-state index contributed by atoms with van der Waals surface area (Å²) in [6.45, 7) is 7.61. The number of nitrogens with zero attached hydrogens (tertiary/aromatic N) is 5. The fraction of sp³-hybridized carbons (Fsp3) is 0.500. The second-order valence-electron chi connectivity index (χ2n) is 8.01. The van der Waals surface area contributed by atoms with Gasteiger partial charge in [0.2, 0.25) is 0 Å². The van der Waals surface area contributed by atoms with E-state index in [0.29, 0.717) is 11.8 Å². The Morgan fingerprint density at radius 1 is 1.07 bits per heavy atom. The molecule has 29 heavy (non-hydrogen) atoms. The minimum absolute atomic E-state index is 0.300. The van der Waals surface area contributed by atoms with Crippen molar-refractivity contribution in [1.82, 2.24) is 15.0 Å². The number of morpholine rings is 1. The summed E-state index contributed by atoms with van der Waals surface area (Å²) in [6.07, 6.45) is 7.42. The van der Waals surface area contributed by atoms with E-state index < -0.39 is 0 Å². The largest absolute Gasteiger partial charge is 0.449 e. The monoisotopic (exact) mass is 393 g/mol. The highest BCUT2D eigenvalue weighted by atomic mass is 16.5. The quantitative estimate of drug-likeness (QED) is 0.672. The van der Waals surface area contributed by atoms with Crippen LogP contribution in [0.4, 0.5) is 11.5 Å². The molecule has 2 aliphatic rings. The van der Waals surface area contributed by atoms with E-state index in [0.717, 1.165) is 68.4 Å². The summed E-state index contributed by atoms with van der Waals surface area (Å²) in [4.78, 5) is 18.4. The molecule has 4 heterocycles. The Hall–Kier alpha value is -2.67. The maximum absolute atomic E-state index is 5.56. The van der Waals surface area contributed by atoms with Crippen LogP contribution in [-0.4, -0.2) is 54.3 Å². The maximum atomic E-state index is 5.56. The first-order chi connectivity index (χ1) is 14.3. The lowest BCUT2D eigenvalue weighted by atomic mass is 9.86. The fourth-order valence-corrected chi connectivity index (χ4v) is 4.57. The molecule has 2 saturated heterocycles. The summed E-state index contributed by atoms with van der Waals surface area (Å²) in [7, 11) is 0. The molecular weight excluding hydrogens is 366 g/mol. The van der Waals surface area contributed by atoms with Gasteiger partial charge in [-0.25, -0.2) is 15.0 Å². The average molecular weight is 393 g/mol. The van der Waals surface area contributed by atoms with E-state index in [2.05, 4.69) is 49.9 Å². The number of fused-ring (bicyclic) bond motifs is 1. The Morgan fingerprint density at radius 2 is 1.97 bits per heavy atom. The van der Waals surface area contributed by atoms with Crippen LogP contribution in [0, 0.1) is 5.92 Å². The number of ether oxygens (including phenoxy) is 1. The highest BCUT2D eigenvalue weighted by Crippen LogP contribution is 2.34. The van der Waals surface area contributed by atoms with Gasteiger partial charge in [0.25, 0.3) is 0 Å². The number of oxazole rings is 1. The van der Waals surface area contributed by atoms with Gasteiger partial charge >= 0.3 is 0 Å². The van der Waals surface area contributed by atoms with Crippen LogP contribution in [0.2, 0.25) is 0 Å². The summed E-state index contributed by atoms with van der Waals surface area (Å²) in [6, 6.07) is 6.55. The summed E-state index contributed by atoms with van der Waals surface area (Å²) < 4.78 is 11.0. The van der Waals surface area contributed by atoms with Gasteiger partial charge in [-0.3, -0.25) is 0 Å². The molecule has 2 atom stereocenters. The minimum Gasteiger partial charge on any atom is -0.449 e. The standard InChI is InChI=1S/C22H27N5O2/c1-16(22-23-6-10-29-22)17-3-2-7-27(14-17)21-19-5-4-18(13-20(19)24-15-25-21)26-8-11-28-12-9-26/h4-6,10,13,15-17H,2-3,7-9,11-12,14H2,1H3/t16-,17?/m0/s1. The fourth-order valence-electron chi connectivity index (χ4n) is 4.57. The number of aromatic nitrogens is 3. The summed E-state index contributed by atoms with van der Waals surface area (Å²) >= 11 is 0. The van der Waals surface area contributed by atoms with Crippen LogP contribution in [0.3, 0.4) is 0 Å². The van der Waals surface area contributed by atoms with Gasteiger partial charge in [0.05, 0.1) is 24.9 Å². The molecule has 1 aromatic carbocycles. The Balaban J connectivity index is 1.40. The molecule has 2 aromatic heterocycles. The molecule has 0 aliphatic carbocycles. The second-order valence-corrected chi connectivity index (χ2v) is 8.01. The zero-order valence-corrected chi connectivity index (χ0v) is 16.8. The van der Waals surface area contributed by atoms with Crippen LogP contribution in [0.25, 0.3) is 10.9 Å². The van der Waals surface area contributed by atoms with Gasteiger partial charge in [0, 0.05) is 43.2 Å². The number of hydrogen-bond acceptors (Lipinski definition) is 7. The lowest BCUT2D eigenvalue weighted by Gasteiger charge is -2.36. The van der Waals surface area contributed by atoms with Gasteiger partial charge in [0.15, 0.2) is 5.89 Å². The SMILES string of the molecule is C[C@H](c1ncco1)C1CCCN(c2ncnc3cc(N4CCOCC4)ccc23)C1. The van der Waals surface area contributed by atoms with Gasteiger partial charge in [-0.05, 0) is 37.0 Å². The summed E-state index contributed by atoms with van der Waals surface area (Å²) in [5.41, 5.74) is 2.21. The molecule has 2 aliphatic heterocycles. The van der Waals surface area contributed by atoms with Crippen molar-refractivity contribution in [3.8, 4) is 0 Å². The van der Waals surface area contributed by atoms with Crippen molar-refractivity contribution >= 4 is 22.4 Å². The van der Waals surface area contributed by atoms with Crippen molar-refractivity contribution in [1.29, 1.82) is 0 Å². The van der Waals surface area contributed by atoms with E-state index in [-0.39, 0.29) is 0 Å². The van der Waals surface area contributed by atoms with Gasteiger partial charge in [-0.2, -0.15) is 0 Å².